The quantitative estimate of drug-likeness (QED) is 0.794. The minimum Gasteiger partial charge on any atom is -0.497 e. The molecule has 2 rings (SSSR count). The van der Waals surface area contributed by atoms with Crippen molar-refractivity contribution in [3.8, 4) is 5.75 Å². The molecule has 1 atom stereocenters. The molecule has 0 radical (unpaired) electrons. The Bertz CT molecular complexity index is 668. The number of esters is 1. The number of benzene rings is 2. The predicted molar refractivity (Wildman–Crippen MR) is 90.9 cm³/mol. The van der Waals surface area contributed by atoms with Gasteiger partial charge in [0.05, 0.1) is 14.2 Å². The lowest BCUT2D eigenvalue weighted by atomic mass is 9.88. The third-order valence-corrected chi connectivity index (χ3v) is 3.77. The normalized spacial score (nSPS) is 11.4. The average molecular weight is 327 g/mol. The molecule has 0 saturated carbocycles. The minimum absolute atomic E-state index is 0.102. The highest BCUT2D eigenvalue weighted by Gasteiger charge is 2.18. The molecule has 0 saturated heterocycles. The topological polar surface area (TPSA) is 64.6 Å². The summed E-state index contributed by atoms with van der Waals surface area (Å²) in [6.45, 7) is -0.126. The maximum atomic E-state index is 12.2. The van der Waals surface area contributed by atoms with Gasteiger partial charge in [-0.1, -0.05) is 42.5 Å². The van der Waals surface area contributed by atoms with Crippen molar-refractivity contribution in [2.24, 2.45) is 0 Å². The number of rotatable bonds is 7. The molecule has 5 nitrogen and oxygen atoms in total. The fraction of sp³-hybridized carbons (Fsp3) is 0.263. The maximum Gasteiger partial charge on any atom is 0.325 e. The molecule has 1 amide bonds. The zero-order chi connectivity index (χ0) is 17.4. The molecular weight excluding hydrogens is 306 g/mol. The smallest absolute Gasteiger partial charge is 0.325 e. The Kier molecular flexibility index (Phi) is 6.37. The lowest BCUT2D eigenvalue weighted by Crippen LogP contribution is -2.31. The third kappa shape index (κ3) is 4.84. The van der Waals surface area contributed by atoms with Crippen molar-refractivity contribution >= 4 is 11.9 Å². The highest BCUT2D eigenvalue weighted by atomic mass is 16.5. The van der Waals surface area contributed by atoms with Gasteiger partial charge in [-0.05, 0) is 23.3 Å². The van der Waals surface area contributed by atoms with Crippen LogP contribution in [0.2, 0.25) is 0 Å². The second-order valence-corrected chi connectivity index (χ2v) is 5.29. The van der Waals surface area contributed by atoms with Crippen LogP contribution in [0.4, 0.5) is 0 Å². The van der Waals surface area contributed by atoms with E-state index in [0.29, 0.717) is 0 Å². The molecule has 1 N–H and O–H groups in total. The highest BCUT2D eigenvalue weighted by molar-refractivity contribution is 5.82. The Morgan fingerprint density at radius 2 is 1.58 bits per heavy atom. The molecule has 2 aromatic rings. The van der Waals surface area contributed by atoms with Gasteiger partial charge < -0.3 is 14.8 Å². The number of hydrogen-bond donors (Lipinski definition) is 1. The lowest BCUT2D eigenvalue weighted by molar-refractivity contribution is -0.141. The second kappa shape index (κ2) is 8.72. The summed E-state index contributed by atoms with van der Waals surface area (Å²) in [4.78, 5) is 23.4. The van der Waals surface area contributed by atoms with Crippen molar-refractivity contribution < 1.29 is 19.1 Å². The summed E-state index contributed by atoms with van der Waals surface area (Å²) >= 11 is 0. The molecule has 0 aliphatic rings. The first kappa shape index (κ1) is 17.5. The monoisotopic (exact) mass is 327 g/mol. The van der Waals surface area contributed by atoms with Crippen LogP contribution < -0.4 is 10.1 Å². The summed E-state index contributed by atoms with van der Waals surface area (Å²) in [5.74, 6) is -0.00964. The van der Waals surface area contributed by atoms with Crippen LogP contribution in [0.3, 0.4) is 0 Å². The summed E-state index contributed by atoms with van der Waals surface area (Å²) in [5, 5.41) is 2.59. The van der Waals surface area contributed by atoms with Gasteiger partial charge in [0.25, 0.3) is 0 Å². The summed E-state index contributed by atoms with van der Waals surface area (Å²) in [7, 11) is 2.91. The fourth-order valence-electron chi connectivity index (χ4n) is 2.45. The van der Waals surface area contributed by atoms with E-state index in [2.05, 4.69) is 10.1 Å². The second-order valence-electron chi connectivity index (χ2n) is 5.29. The SMILES string of the molecule is COC(=O)CNC(=O)CC(c1ccccc1)c1ccc(OC)cc1. The number of methoxy groups -OCH3 is 2. The van der Waals surface area contributed by atoms with E-state index >= 15 is 0 Å². The molecule has 5 heteroatoms. The molecule has 126 valence electrons. The van der Waals surface area contributed by atoms with Crippen LogP contribution in [0.1, 0.15) is 23.5 Å². The number of amides is 1. The first-order valence-electron chi connectivity index (χ1n) is 7.66. The van der Waals surface area contributed by atoms with Gasteiger partial charge in [-0.3, -0.25) is 9.59 Å². The van der Waals surface area contributed by atoms with E-state index in [1.54, 1.807) is 7.11 Å². The van der Waals surface area contributed by atoms with Crippen LogP contribution in [0.25, 0.3) is 0 Å². The van der Waals surface area contributed by atoms with E-state index in [0.717, 1.165) is 16.9 Å². The number of carbonyl (C=O) groups is 2. The van der Waals surface area contributed by atoms with Gasteiger partial charge in [-0.15, -0.1) is 0 Å². The number of ether oxygens (including phenoxy) is 2. The van der Waals surface area contributed by atoms with Crippen LogP contribution in [0.15, 0.2) is 54.6 Å². The van der Waals surface area contributed by atoms with Gasteiger partial charge >= 0.3 is 5.97 Å². The maximum absolute atomic E-state index is 12.2. The van der Waals surface area contributed by atoms with Crippen molar-refractivity contribution in [3.05, 3.63) is 65.7 Å². The Hall–Kier alpha value is -2.82. The highest BCUT2D eigenvalue weighted by Crippen LogP contribution is 2.29. The van der Waals surface area contributed by atoms with E-state index < -0.39 is 5.97 Å². The number of hydrogen-bond acceptors (Lipinski definition) is 4. The third-order valence-electron chi connectivity index (χ3n) is 3.77. The minimum atomic E-state index is -0.468. The van der Waals surface area contributed by atoms with E-state index in [1.165, 1.54) is 7.11 Å². The zero-order valence-corrected chi connectivity index (χ0v) is 13.8. The summed E-state index contributed by atoms with van der Waals surface area (Å²) < 4.78 is 9.72. The molecule has 0 bridgehead atoms. The molecule has 0 aliphatic carbocycles. The molecule has 24 heavy (non-hydrogen) atoms. The van der Waals surface area contributed by atoms with Gasteiger partial charge in [0.2, 0.25) is 5.91 Å². The molecule has 0 heterocycles. The van der Waals surface area contributed by atoms with Crippen LogP contribution in [0.5, 0.6) is 5.75 Å². The van der Waals surface area contributed by atoms with Gasteiger partial charge in [-0.25, -0.2) is 0 Å². The fourth-order valence-corrected chi connectivity index (χ4v) is 2.45. The summed E-state index contributed by atoms with van der Waals surface area (Å²) in [5.41, 5.74) is 2.05. The van der Waals surface area contributed by atoms with E-state index in [1.807, 2.05) is 54.6 Å². The summed E-state index contributed by atoms with van der Waals surface area (Å²) in [6.07, 6.45) is 0.243. The number of carbonyl (C=O) groups excluding carboxylic acids is 2. The largest absolute Gasteiger partial charge is 0.497 e. The van der Waals surface area contributed by atoms with Crippen molar-refractivity contribution in [3.63, 3.8) is 0 Å². The van der Waals surface area contributed by atoms with E-state index in [9.17, 15) is 9.59 Å². The molecule has 0 spiro atoms. The molecular formula is C19H21NO4. The van der Waals surface area contributed by atoms with Crippen molar-refractivity contribution in [1.29, 1.82) is 0 Å². The molecule has 2 aromatic carbocycles. The van der Waals surface area contributed by atoms with Gasteiger partial charge in [0, 0.05) is 12.3 Å². The van der Waals surface area contributed by atoms with Gasteiger partial charge in [0.15, 0.2) is 0 Å². The lowest BCUT2D eigenvalue weighted by Gasteiger charge is -2.18. The van der Waals surface area contributed by atoms with Crippen molar-refractivity contribution in [1.82, 2.24) is 5.32 Å². The summed E-state index contributed by atoms with van der Waals surface area (Å²) in [6, 6.07) is 17.4. The molecule has 1 unspecified atom stereocenters. The van der Waals surface area contributed by atoms with Crippen LogP contribution in [0, 0.1) is 0 Å². The average Bonchev–Trinajstić information content (AvgIpc) is 2.65. The molecule has 0 fully saturated rings. The molecule has 0 aromatic heterocycles. The first-order valence-corrected chi connectivity index (χ1v) is 7.66. The van der Waals surface area contributed by atoms with Crippen LogP contribution in [-0.4, -0.2) is 32.6 Å². The Morgan fingerprint density at radius 1 is 0.958 bits per heavy atom. The van der Waals surface area contributed by atoms with Gasteiger partial charge in [0.1, 0.15) is 12.3 Å². The van der Waals surface area contributed by atoms with Gasteiger partial charge in [-0.2, -0.15) is 0 Å². The number of nitrogens with one attached hydrogen (secondary N) is 1. The molecule has 0 aliphatic heterocycles. The first-order chi connectivity index (χ1) is 11.6. The van der Waals surface area contributed by atoms with Crippen molar-refractivity contribution in [2.75, 3.05) is 20.8 Å². The standard InChI is InChI=1S/C19H21NO4/c1-23-16-10-8-15(9-11-16)17(14-6-4-3-5-7-14)12-18(21)20-13-19(22)24-2/h3-11,17H,12-13H2,1-2H3,(H,20,21). The van der Waals surface area contributed by atoms with Crippen LogP contribution in [-0.2, 0) is 14.3 Å². The van der Waals surface area contributed by atoms with Crippen molar-refractivity contribution in [2.45, 2.75) is 12.3 Å². The Morgan fingerprint density at radius 3 is 2.17 bits per heavy atom. The van der Waals surface area contributed by atoms with E-state index in [4.69, 9.17) is 4.74 Å². The Balaban J connectivity index is 2.17. The predicted octanol–water partition coefficient (Wildman–Crippen LogP) is 2.51. The Labute approximate surface area is 141 Å². The van der Waals surface area contributed by atoms with E-state index in [-0.39, 0.29) is 24.8 Å². The van der Waals surface area contributed by atoms with Crippen LogP contribution >= 0.6 is 0 Å². The zero-order valence-electron chi connectivity index (χ0n) is 13.8.